The van der Waals surface area contributed by atoms with Gasteiger partial charge in [0.05, 0.1) is 30.7 Å². The van der Waals surface area contributed by atoms with E-state index in [0.29, 0.717) is 33.3 Å². The van der Waals surface area contributed by atoms with Crippen LogP contribution in [0.3, 0.4) is 0 Å². The molecule has 11 heteroatoms. The molecule has 220 valence electrons. The minimum Gasteiger partial charge on any atom is -0.497 e. The Bertz CT molecular complexity index is 1650. The lowest BCUT2D eigenvalue weighted by Crippen LogP contribution is -2.30. The first kappa shape index (κ1) is 31.1. The maximum absolute atomic E-state index is 14.6. The first-order chi connectivity index (χ1) is 20.8. The van der Waals surface area contributed by atoms with Crippen molar-refractivity contribution in [2.75, 3.05) is 30.6 Å². The SMILES string of the molecule is COc1ccc(NC(=O)CSc2cccc(NC(=O)/C(=C\c3c(F)cccc3Cl)NC(=O)c3ccccc3)c2)c(OC)c1. The number of halogens is 2. The van der Waals surface area contributed by atoms with E-state index in [1.807, 2.05) is 0 Å². The third-order valence-electron chi connectivity index (χ3n) is 5.96. The van der Waals surface area contributed by atoms with Gasteiger partial charge in [0.15, 0.2) is 0 Å². The zero-order chi connectivity index (χ0) is 30.8. The highest BCUT2D eigenvalue weighted by molar-refractivity contribution is 8.00. The van der Waals surface area contributed by atoms with Crippen molar-refractivity contribution in [3.05, 3.63) is 119 Å². The van der Waals surface area contributed by atoms with Crippen LogP contribution < -0.4 is 25.4 Å². The molecular weight excluding hydrogens is 593 g/mol. The van der Waals surface area contributed by atoms with E-state index in [0.717, 1.165) is 0 Å². The van der Waals surface area contributed by atoms with Gasteiger partial charge in [-0.2, -0.15) is 0 Å². The predicted molar refractivity (Wildman–Crippen MR) is 167 cm³/mol. The number of thioether (sulfide) groups is 1. The van der Waals surface area contributed by atoms with Crippen molar-refractivity contribution in [3.8, 4) is 11.5 Å². The highest BCUT2D eigenvalue weighted by Crippen LogP contribution is 2.30. The Hall–Kier alpha value is -4.80. The number of methoxy groups -OCH3 is 2. The summed E-state index contributed by atoms with van der Waals surface area (Å²) in [6, 6.07) is 24.3. The van der Waals surface area contributed by atoms with Crippen molar-refractivity contribution < 1.29 is 28.2 Å². The third-order valence-corrected chi connectivity index (χ3v) is 7.29. The van der Waals surface area contributed by atoms with Gasteiger partial charge < -0.3 is 25.4 Å². The quantitative estimate of drug-likeness (QED) is 0.128. The molecule has 0 aliphatic rings. The molecule has 0 aromatic heterocycles. The second kappa shape index (κ2) is 14.9. The molecule has 0 atom stereocenters. The fraction of sp³-hybridized carbons (Fsp3) is 0.0938. The molecule has 0 unspecified atom stereocenters. The molecule has 0 spiro atoms. The molecule has 43 heavy (non-hydrogen) atoms. The van der Waals surface area contributed by atoms with E-state index in [1.165, 1.54) is 50.3 Å². The maximum Gasteiger partial charge on any atom is 0.272 e. The van der Waals surface area contributed by atoms with Gasteiger partial charge in [-0.15, -0.1) is 11.8 Å². The number of hydrogen-bond donors (Lipinski definition) is 3. The van der Waals surface area contributed by atoms with Gasteiger partial charge in [0.2, 0.25) is 5.91 Å². The Labute approximate surface area is 257 Å². The van der Waals surface area contributed by atoms with Gasteiger partial charge in [-0.25, -0.2) is 4.39 Å². The standard InChI is InChI=1S/C32H27ClFN3O5S/c1-41-22-14-15-27(29(17-22)42-2)36-30(38)19-43-23-11-6-10-21(16-23)35-32(40)28(18-24-25(33)12-7-13-26(24)34)37-31(39)20-8-4-3-5-9-20/h3-18H,19H2,1-2H3,(H,35,40)(H,36,38)(H,37,39)/b28-18+. The fourth-order valence-corrected chi connectivity index (χ4v) is 4.81. The Morgan fingerprint density at radius 1 is 0.884 bits per heavy atom. The lowest BCUT2D eigenvalue weighted by atomic mass is 10.1. The highest BCUT2D eigenvalue weighted by atomic mass is 35.5. The molecule has 3 amide bonds. The van der Waals surface area contributed by atoms with Crippen molar-refractivity contribution in [3.63, 3.8) is 0 Å². The topological polar surface area (TPSA) is 106 Å². The first-order valence-electron chi connectivity index (χ1n) is 12.9. The van der Waals surface area contributed by atoms with Crippen molar-refractivity contribution in [1.29, 1.82) is 0 Å². The smallest absolute Gasteiger partial charge is 0.272 e. The van der Waals surface area contributed by atoms with E-state index < -0.39 is 17.6 Å². The molecule has 0 aliphatic heterocycles. The van der Waals surface area contributed by atoms with Gasteiger partial charge in [0, 0.05) is 27.8 Å². The molecule has 0 heterocycles. The van der Waals surface area contributed by atoms with Crippen LogP contribution in [0.25, 0.3) is 6.08 Å². The summed E-state index contributed by atoms with van der Waals surface area (Å²) >= 11 is 7.43. The number of rotatable bonds is 11. The first-order valence-corrected chi connectivity index (χ1v) is 14.2. The van der Waals surface area contributed by atoms with Crippen LogP contribution in [0.4, 0.5) is 15.8 Å². The van der Waals surface area contributed by atoms with Crippen molar-refractivity contribution in [2.45, 2.75) is 4.90 Å². The number of carbonyl (C=O) groups is 3. The van der Waals surface area contributed by atoms with Gasteiger partial charge >= 0.3 is 0 Å². The van der Waals surface area contributed by atoms with Gasteiger partial charge in [-0.1, -0.05) is 41.9 Å². The number of anilines is 2. The lowest BCUT2D eigenvalue weighted by Gasteiger charge is -2.13. The molecule has 4 rings (SSSR count). The summed E-state index contributed by atoms with van der Waals surface area (Å²) in [5, 5.41) is 8.16. The molecule has 0 fully saturated rings. The highest BCUT2D eigenvalue weighted by Gasteiger charge is 2.17. The second-order valence-corrected chi connectivity index (χ2v) is 10.4. The Kier molecular flexibility index (Phi) is 10.8. The molecule has 4 aromatic rings. The molecular formula is C32H27ClFN3O5S. The van der Waals surface area contributed by atoms with E-state index >= 15 is 0 Å². The molecule has 0 aliphatic carbocycles. The molecule has 4 aromatic carbocycles. The number of nitrogens with one attached hydrogen (secondary N) is 3. The van der Waals surface area contributed by atoms with Crippen LogP contribution >= 0.6 is 23.4 Å². The number of amides is 3. The molecule has 8 nitrogen and oxygen atoms in total. The van der Waals surface area contributed by atoms with Crippen molar-refractivity contribution >= 4 is 58.5 Å². The summed E-state index contributed by atoms with van der Waals surface area (Å²) in [6.45, 7) is 0. The summed E-state index contributed by atoms with van der Waals surface area (Å²) < 4.78 is 25.1. The van der Waals surface area contributed by atoms with Crippen LogP contribution in [0.5, 0.6) is 11.5 Å². The Morgan fingerprint density at radius 2 is 1.65 bits per heavy atom. The lowest BCUT2D eigenvalue weighted by molar-refractivity contribution is -0.114. The zero-order valence-corrected chi connectivity index (χ0v) is 24.7. The molecule has 0 saturated carbocycles. The average molecular weight is 620 g/mol. The average Bonchev–Trinajstić information content (AvgIpc) is 3.02. The predicted octanol–water partition coefficient (Wildman–Crippen LogP) is 6.64. The van der Waals surface area contributed by atoms with Gasteiger partial charge in [-0.3, -0.25) is 14.4 Å². The van der Waals surface area contributed by atoms with Crippen LogP contribution in [0.1, 0.15) is 15.9 Å². The van der Waals surface area contributed by atoms with Gasteiger partial charge in [0.25, 0.3) is 11.8 Å². The molecule has 0 radical (unpaired) electrons. The van der Waals surface area contributed by atoms with Crippen LogP contribution in [0.15, 0.2) is 102 Å². The largest absolute Gasteiger partial charge is 0.497 e. The number of carbonyl (C=O) groups excluding carboxylic acids is 3. The summed E-state index contributed by atoms with van der Waals surface area (Å²) in [7, 11) is 3.04. The van der Waals surface area contributed by atoms with Crippen LogP contribution in [-0.4, -0.2) is 37.7 Å². The minimum atomic E-state index is -0.699. The van der Waals surface area contributed by atoms with E-state index in [-0.39, 0.29) is 27.9 Å². The molecule has 0 saturated heterocycles. The van der Waals surface area contributed by atoms with Crippen LogP contribution in [0.2, 0.25) is 5.02 Å². The monoisotopic (exact) mass is 619 g/mol. The summed E-state index contributed by atoms with van der Waals surface area (Å²) in [4.78, 5) is 39.5. The number of hydrogen-bond acceptors (Lipinski definition) is 6. The fourth-order valence-electron chi connectivity index (χ4n) is 3.83. The van der Waals surface area contributed by atoms with E-state index in [1.54, 1.807) is 72.8 Å². The maximum atomic E-state index is 14.6. The van der Waals surface area contributed by atoms with E-state index in [2.05, 4.69) is 16.0 Å². The normalized spacial score (nSPS) is 10.9. The second-order valence-electron chi connectivity index (χ2n) is 8.90. The van der Waals surface area contributed by atoms with Crippen molar-refractivity contribution in [1.82, 2.24) is 5.32 Å². The van der Waals surface area contributed by atoms with Crippen LogP contribution in [-0.2, 0) is 9.59 Å². The van der Waals surface area contributed by atoms with E-state index in [9.17, 15) is 18.8 Å². The number of ether oxygens (including phenoxy) is 2. The van der Waals surface area contributed by atoms with Gasteiger partial charge in [-0.05, 0) is 60.7 Å². The molecule has 0 bridgehead atoms. The summed E-state index contributed by atoms with van der Waals surface area (Å²) in [5.41, 5.74) is 0.941. The Morgan fingerprint density at radius 3 is 2.37 bits per heavy atom. The minimum absolute atomic E-state index is 0.0495. The van der Waals surface area contributed by atoms with Crippen LogP contribution in [0, 0.1) is 5.82 Å². The van der Waals surface area contributed by atoms with Crippen molar-refractivity contribution in [2.24, 2.45) is 0 Å². The Balaban J connectivity index is 1.47. The number of benzene rings is 4. The summed E-state index contributed by atoms with van der Waals surface area (Å²) in [6.07, 6.45) is 1.18. The van der Waals surface area contributed by atoms with Gasteiger partial charge in [0.1, 0.15) is 23.0 Å². The van der Waals surface area contributed by atoms with E-state index in [4.69, 9.17) is 21.1 Å². The zero-order valence-electron chi connectivity index (χ0n) is 23.2. The molecule has 3 N–H and O–H groups in total. The summed E-state index contributed by atoms with van der Waals surface area (Å²) in [5.74, 6) is -1.04. The third kappa shape index (κ3) is 8.60.